The normalized spacial score (nSPS) is 10.9. The highest BCUT2D eigenvalue weighted by molar-refractivity contribution is 5.79. The van der Waals surface area contributed by atoms with Gasteiger partial charge in [0.1, 0.15) is 11.6 Å². The Morgan fingerprint density at radius 1 is 1.08 bits per heavy atom. The summed E-state index contributed by atoms with van der Waals surface area (Å²) in [6.45, 7) is 0. The van der Waals surface area contributed by atoms with E-state index in [1.54, 1.807) is 13.2 Å². The Bertz CT molecular complexity index is 1060. The maximum absolute atomic E-state index is 12.3. The van der Waals surface area contributed by atoms with Crippen molar-refractivity contribution in [1.82, 2.24) is 14.5 Å². The Morgan fingerprint density at radius 2 is 1.84 bits per heavy atom. The molecule has 2 aromatic carbocycles. The fourth-order valence-electron chi connectivity index (χ4n) is 2.86. The molecule has 0 saturated heterocycles. The van der Waals surface area contributed by atoms with Crippen molar-refractivity contribution in [2.75, 3.05) is 7.11 Å². The fraction of sp³-hybridized carbons (Fsp3) is 0.100. The lowest BCUT2D eigenvalue weighted by Crippen LogP contribution is -2.12. The van der Waals surface area contributed by atoms with E-state index in [0.29, 0.717) is 28.9 Å². The van der Waals surface area contributed by atoms with E-state index in [4.69, 9.17) is 4.74 Å². The summed E-state index contributed by atoms with van der Waals surface area (Å²) >= 11 is 0. The van der Waals surface area contributed by atoms with Crippen molar-refractivity contribution in [3.05, 3.63) is 88.7 Å². The van der Waals surface area contributed by atoms with Crippen LogP contribution < -0.4 is 10.3 Å². The average Bonchev–Trinajstić information content (AvgIpc) is 3.17. The number of H-pyrrole nitrogens is 1. The lowest BCUT2D eigenvalue weighted by atomic mass is 10.1. The summed E-state index contributed by atoms with van der Waals surface area (Å²) in [6.07, 6.45) is 4.58. The van der Waals surface area contributed by atoms with Crippen molar-refractivity contribution in [1.29, 1.82) is 0 Å². The maximum atomic E-state index is 12.3. The largest absolute Gasteiger partial charge is 0.497 e. The number of aromatic amines is 1. The Kier molecular flexibility index (Phi) is 3.82. The van der Waals surface area contributed by atoms with Crippen LogP contribution in [0.4, 0.5) is 0 Å². The quantitative estimate of drug-likeness (QED) is 0.624. The molecule has 1 N–H and O–H groups in total. The van der Waals surface area contributed by atoms with Crippen LogP contribution in [0.2, 0.25) is 0 Å². The Labute approximate surface area is 144 Å². The number of benzene rings is 2. The summed E-state index contributed by atoms with van der Waals surface area (Å²) in [4.78, 5) is 19.7. The van der Waals surface area contributed by atoms with Crippen molar-refractivity contribution in [2.45, 2.75) is 6.42 Å². The maximum Gasteiger partial charge on any atom is 0.258 e. The smallest absolute Gasteiger partial charge is 0.258 e. The Balaban J connectivity index is 1.63. The number of ether oxygens (including phenoxy) is 1. The van der Waals surface area contributed by atoms with Crippen LogP contribution in [0.3, 0.4) is 0 Å². The minimum atomic E-state index is -0.150. The van der Waals surface area contributed by atoms with Gasteiger partial charge in [0.25, 0.3) is 5.56 Å². The van der Waals surface area contributed by atoms with E-state index >= 15 is 0 Å². The van der Waals surface area contributed by atoms with Crippen LogP contribution in [0.1, 0.15) is 11.4 Å². The molecular weight excluding hydrogens is 314 g/mol. The number of methoxy groups -OCH3 is 1. The average molecular weight is 331 g/mol. The molecule has 0 aliphatic heterocycles. The lowest BCUT2D eigenvalue weighted by molar-refractivity contribution is 0.415. The van der Waals surface area contributed by atoms with E-state index in [1.165, 1.54) is 0 Å². The molecule has 0 aliphatic carbocycles. The number of hydrogen-bond donors (Lipinski definition) is 1. The highest BCUT2D eigenvalue weighted by Crippen LogP contribution is 2.17. The van der Waals surface area contributed by atoms with Crippen molar-refractivity contribution < 1.29 is 4.74 Å². The van der Waals surface area contributed by atoms with Crippen molar-refractivity contribution in [2.24, 2.45) is 0 Å². The molecule has 4 aromatic rings. The molecule has 4 rings (SSSR count). The molecule has 0 bridgehead atoms. The lowest BCUT2D eigenvalue weighted by Gasteiger charge is -2.07. The monoisotopic (exact) mass is 331 g/mol. The first-order valence-electron chi connectivity index (χ1n) is 8.02. The third-order valence-corrected chi connectivity index (χ3v) is 4.17. The van der Waals surface area contributed by atoms with Gasteiger partial charge in [-0.25, -0.2) is 4.98 Å². The third-order valence-electron chi connectivity index (χ3n) is 4.17. The zero-order chi connectivity index (χ0) is 17.2. The molecule has 2 aromatic heterocycles. The number of nitrogens with one attached hydrogen (secondary N) is 1. The first-order chi connectivity index (χ1) is 12.2. The molecule has 0 amide bonds. The third kappa shape index (κ3) is 3.04. The number of hydrogen-bond acceptors (Lipinski definition) is 3. The summed E-state index contributed by atoms with van der Waals surface area (Å²) in [5.41, 5.74) is 2.71. The molecule has 0 saturated carbocycles. The predicted octanol–water partition coefficient (Wildman–Crippen LogP) is 3.31. The van der Waals surface area contributed by atoms with Crippen LogP contribution in [0.25, 0.3) is 16.6 Å². The zero-order valence-corrected chi connectivity index (χ0v) is 13.8. The van der Waals surface area contributed by atoms with E-state index < -0.39 is 0 Å². The Morgan fingerprint density at radius 3 is 2.56 bits per heavy atom. The van der Waals surface area contributed by atoms with Gasteiger partial charge in [0.15, 0.2) is 0 Å². The molecule has 2 heterocycles. The molecule has 0 unspecified atom stereocenters. The molecule has 0 atom stereocenters. The molecule has 0 aliphatic rings. The van der Waals surface area contributed by atoms with Gasteiger partial charge in [0.2, 0.25) is 0 Å². The second-order valence-electron chi connectivity index (χ2n) is 5.83. The first-order valence-corrected chi connectivity index (χ1v) is 8.02. The SMILES string of the molecule is COc1ccc2nc(Cc3ccc(-n4cccc4)cc3)[nH]c(=O)c2c1. The van der Waals surface area contributed by atoms with Crippen LogP contribution in [0.15, 0.2) is 71.8 Å². The van der Waals surface area contributed by atoms with Gasteiger partial charge in [-0.05, 0) is 48.0 Å². The molecule has 0 spiro atoms. The second-order valence-corrected chi connectivity index (χ2v) is 5.83. The predicted molar refractivity (Wildman–Crippen MR) is 97.5 cm³/mol. The van der Waals surface area contributed by atoms with E-state index in [-0.39, 0.29) is 5.56 Å². The van der Waals surface area contributed by atoms with E-state index in [2.05, 4.69) is 22.1 Å². The summed E-state index contributed by atoms with van der Waals surface area (Å²) in [5.74, 6) is 1.30. The summed E-state index contributed by atoms with van der Waals surface area (Å²) in [5, 5.41) is 0.533. The van der Waals surface area contributed by atoms with Gasteiger partial charge in [-0.1, -0.05) is 12.1 Å². The van der Waals surface area contributed by atoms with Crippen molar-refractivity contribution in [3.63, 3.8) is 0 Å². The van der Waals surface area contributed by atoms with E-state index in [1.807, 2.05) is 53.4 Å². The fourth-order valence-corrected chi connectivity index (χ4v) is 2.86. The summed E-state index contributed by atoms with van der Waals surface area (Å²) in [7, 11) is 1.58. The van der Waals surface area contributed by atoms with Crippen LogP contribution in [0, 0.1) is 0 Å². The molecule has 0 radical (unpaired) electrons. The van der Waals surface area contributed by atoms with Crippen LogP contribution in [0.5, 0.6) is 5.75 Å². The summed E-state index contributed by atoms with van der Waals surface area (Å²) in [6, 6.07) is 17.5. The molecular formula is C20H17N3O2. The topological polar surface area (TPSA) is 59.9 Å². The minimum Gasteiger partial charge on any atom is -0.497 e. The van der Waals surface area contributed by atoms with Crippen molar-refractivity contribution in [3.8, 4) is 11.4 Å². The van der Waals surface area contributed by atoms with Gasteiger partial charge in [-0.2, -0.15) is 0 Å². The van der Waals surface area contributed by atoms with Gasteiger partial charge >= 0.3 is 0 Å². The number of nitrogens with zero attached hydrogens (tertiary/aromatic N) is 2. The zero-order valence-electron chi connectivity index (χ0n) is 13.8. The highest BCUT2D eigenvalue weighted by Gasteiger charge is 2.06. The molecule has 124 valence electrons. The van der Waals surface area contributed by atoms with Gasteiger partial charge in [0, 0.05) is 24.5 Å². The molecule has 5 nitrogen and oxygen atoms in total. The van der Waals surface area contributed by atoms with Crippen LogP contribution >= 0.6 is 0 Å². The molecule has 25 heavy (non-hydrogen) atoms. The molecule has 0 fully saturated rings. The van der Waals surface area contributed by atoms with Gasteiger partial charge in [-0.15, -0.1) is 0 Å². The van der Waals surface area contributed by atoms with Crippen LogP contribution in [-0.2, 0) is 6.42 Å². The van der Waals surface area contributed by atoms with Gasteiger partial charge in [-0.3, -0.25) is 4.79 Å². The first kappa shape index (κ1) is 15.2. The summed E-state index contributed by atoms with van der Waals surface area (Å²) < 4.78 is 7.21. The number of rotatable bonds is 4. The number of aromatic nitrogens is 3. The van der Waals surface area contributed by atoms with E-state index in [0.717, 1.165) is 11.3 Å². The van der Waals surface area contributed by atoms with Crippen molar-refractivity contribution >= 4 is 10.9 Å². The second kappa shape index (κ2) is 6.28. The van der Waals surface area contributed by atoms with Crippen LogP contribution in [-0.4, -0.2) is 21.6 Å². The minimum absolute atomic E-state index is 0.150. The molecule has 5 heteroatoms. The van der Waals surface area contributed by atoms with Gasteiger partial charge in [0.05, 0.1) is 18.0 Å². The van der Waals surface area contributed by atoms with Gasteiger partial charge < -0.3 is 14.3 Å². The highest BCUT2D eigenvalue weighted by atomic mass is 16.5. The Hall–Kier alpha value is -3.34. The standard InChI is InChI=1S/C20H17N3O2/c1-25-16-8-9-18-17(13-16)20(24)22-19(21-18)12-14-4-6-15(7-5-14)23-10-2-3-11-23/h2-11,13H,12H2,1H3,(H,21,22,24). The number of fused-ring (bicyclic) bond motifs is 1. The van der Waals surface area contributed by atoms with E-state index in [9.17, 15) is 4.79 Å².